The molecule has 3 N–H and O–H groups in total. The minimum absolute atomic E-state index is 0.00518. The second-order valence-corrected chi connectivity index (χ2v) is 6.70. The largest absolute Gasteiger partial charge is 0.399 e. The first kappa shape index (κ1) is 17.5. The average Bonchev–Trinajstić information content (AvgIpc) is 2.31. The summed E-state index contributed by atoms with van der Waals surface area (Å²) in [5, 5.41) is -0.0104. The minimum Gasteiger partial charge on any atom is -0.399 e. The van der Waals surface area contributed by atoms with Gasteiger partial charge in [-0.3, -0.25) is 0 Å². The summed E-state index contributed by atoms with van der Waals surface area (Å²) in [6.07, 6.45) is 1.98. The molecule has 1 aromatic rings. The molecule has 0 fully saturated rings. The minimum atomic E-state index is -3.78. The number of sulfonamides is 1. The highest BCUT2D eigenvalue weighted by Crippen LogP contribution is 2.31. The average molecular weight is 341 g/mol. The summed E-state index contributed by atoms with van der Waals surface area (Å²) in [6.45, 7) is 3.12. The molecule has 0 aliphatic rings. The maximum Gasteiger partial charge on any atom is 0.243 e. The fourth-order valence-electron chi connectivity index (χ4n) is 1.51. The first-order valence-electron chi connectivity index (χ1n) is 6.20. The van der Waals surface area contributed by atoms with E-state index in [1.165, 1.54) is 12.1 Å². The van der Waals surface area contributed by atoms with E-state index in [4.69, 9.17) is 33.7 Å². The standard InChI is InChI=1S/C12H18Cl2N2O3S/c1-2-3-5-19-6-4-16-20(17,18)12-10(13)7-9(15)8-11(12)14/h7-8,16H,2-6,15H2,1H3. The van der Waals surface area contributed by atoms with Crippen LogP contribution in [0.2, 0.25) is 10.0 Å². The summed E-state index contributed by atoms with van der Waals surface area (Å²) in [7, 11) is -3.78. The van der Waals surface area contributed by atoms with E-state index in [2.05, 4.69) is 11.6 Å². The summed E-state index contributed by atoms with van der Waals surface area (Å²) < 4.78 is 31.9. The van der Waals surface area contributed by atoms with Gasteiger partial charge in [0, 0.05) is 18.8 Å². The van der Waals surface area contributed by atoms with Crippen molar-refractivity contribution < 1.29 is 13.2 Å². The van der Waals surface area contributed by atoms with Crippen LogP contribution in [0.5, 0.6) is 0 Å². The van der Waals surface area contributed by atoms with Gasteiger partial charge in [-0.2, -0.15) is 0 Å². The van der Waals surface area contributed by atoms with Gasteiger partial charge in [0.1, 0.15) is 4.90 Å². The molecule has 0 unspecified atom stereocenters. The van der Waals surface area contributed by atoms with Gasteiger partial charge in [0.15, 0.2) is 0 Å². The van der Waals surface area contributed by atoms with Crippen LogP contribution in [-0.2, 0) is 14.8 Å². The molecular weight excluding hydrogens is 323 g/mol. The molecule has 0 bridgehead atoms. The third-order valence-corrected chi connectivity index (χ3v) is 4.85. The van der Waals surface area contributed by atoms with E-state index in [0.29, 0.717) is 18.9 Å². The van der Waals surface area contributed by atoms with Gasteiger partial charge in [0.25, 0.3) is 0 Å². The highest BCUT2D eigenvalue weighted by molar-refractivity contribution is 7.89. The van der Waals surface area contributed by atoms with Crippen LogP contribution in [0, 0.1) is 0 Å². The van der Waals surface area contributed by atoms with Crippen LogP contribution in [-0.4, -0.2) is 28.2 Å². The highest BCUT2D eigenvalue weighted by Gasteiger charge is 2.21. The topological polar surface area (TPSA) is 81.4 Å². The van der Waals surface area contributed by atoms with E-state index >= 15 is 0 Å². The van der Waals surface area contributed by atoms with Crippen LogP contribution in [0.15, 0.2) is 17.0 Å². The Morgan fingerprint density at radius 1 is 1.25 bits per heavy atom. The van der Waals surface area contributed by atoms with Crippen molar-refractivity contribution in [1.82, 2.24) is 4.72 Å². The number of nitrogen functional groups attached to an aromatic ring is 1. The second-order valence-electron chi connectivity index (χ2n) is 4.18. The summed E-state index contributed by atoms with van der Waals surface area (Å²) in [5.74, 6) is 0. The Labute approximate surface area is 129 Å². The lowest BCUT2D eigenvalue weighted by Gasteiger charge is -2.11. The number of ether oxygens (including phenoxy) is 1. The van der Waals surface area contributed by atoms with Crippen LogP contribution < -0.4 is 10.5 Å². The molecule has 0 heterocycles. The fourth-order valence-corrected chi connectivity index (χ4v) is 3.75. The Morgan fingerprint density at radius 2 is 1.85 bits per heavy atom. The summed E-state index contributed by atoms with van der Waals surface area (Å²) >= 11 is 11.8. The van der Waals surface area contributed by atoms with Crippen molar-refractivity contribution in [2.24, 2.45) is 0 Å². The normalized spacial score (nSPS) is 11.8. The SMILES string of the molecule is CCCCOCCNS(=O)(=O)c1c(Cl)cc(N)cc1Cl. The predicted molar refractivity (Wildman–Crippen MR) is 81.8 cm³/mol. The molecule has 5 nitrogen and oxygen atoms in total. The summed E-state index contributed by atoms with van der Waals surface area (Å²) in [6, 6.07) is 2.69. The number of nitrogens with two attached hydrogens (primary N) is 1. The molecule has 1 rings (SSSR count). The van der Waals surface area contributed by atoms with E-state index in [9.17, 15) is 8.42 Å². The van der Waals surface area contributed by atoms with E-state index in [1.807, 2.05) is 0 Å². The van der Waals surface area contributed by atoms with Crippen LogP contribution in [0.3, 0.4) is 0 Å². The maximum atomic E-state index is 12.1. The molecule has 0 aliphatic carbocycles. The number of halogens is 2. The Morgan fingerprint density at radius 3 is 2.40 bits per heavy atom. The molecule has 0 aliphatic heterocycles. The Kier molecular flexibility index (Phi) is 7.05. The number of rotatable bonds is 8. The second kappa shape index (κ2) is 8.05. The van der Waals surface area contributed by atoms with Crippen LogP contribution in [0.25, 0.3) is 0 Å². The lowest BCUT2D eigenvalue weighted by molar-refractivity contribution is 0.136. The number of nitrogens with one attached hydrogen (secondary N) is 1. The van der Waals surface area contributed by atoms with E-state index in [-0.39, 0.29) is 21.5 Å². The molecule has 0 amide bonds. The van der Waals surface area contributed by atoms with Crippen molar-refractivity contribution in [2.45, 2.75) is 24.7 Å². The molecule has 114 valence electrons. The van der Waals surface area contributed by atoms with Crippen LogP contribution >= 0.6 is 23.2 Å². The Balaban J connectivity index is 2.66. The zero-order chi connectivity index (χ0) is 15.2. The molecule has 20 heavy (non-hydrogen) atoms. The number of benzene rings is 1. The van der Waals surface area contributed by atoms with E-state index < -0.39 is 10.0 Å². The van der Waals surface area contributed by atoms with E-state index in [0.717, 1.165) is 12.8 Å². The van der Waals surface area contributed by atoms with Gasteiger partial charge < -0.3 is 10.5 Å². The van der Waals surface area contributed by atoms with Gasteiger partial charge in [-0.05, 0) is 18.6 Å². The molecule has 1 aromatic carbocycles. The zero-order valence-corrected chi connectivity index (χ0v) is 13.5. The van der Waals surface area contributed by atoms with Gasteiger partial charge in [0.2, 0.25) is 10.0 Å². The number of hydrogen-bond donors (Lipinski definition) is 2. The van der Waals surface area contributed by atoms with Gasteiger partial charge >= 0.3 is 0 Å². The lowest BCUT2D eigenvalue weighted by Crippen LogP contribution is -2.28. The van der Waals surface area contributed by atoms with Crippen molar-refractivity contribution in [2.75, 3.05) is 25.5 Å². The molecule has 0 radical (unpaired) electrons. The summed E-state index contributed by atoms with van der Waals surface area (Å²) in [4.78, 5) is -0.163. The third kappa shape index (κ3) is 5.10. The molecule has 0 saturated carbocycles. The maximum absolute atomic E-state index is 12.1. The van der Waals surface area contributed by atoms with Crippen LogP contribution in [0.4, 0.5) is 5.69 Å². The first-order valence-corrected chi connectivity index (χ1v) is 8.44. The zero-order valence-electron chi connectivity index (χ0n) is 11.2. The van der Waals surface area contributed by atoms with Crippen molar-refractivity contribution in [3.63, 3.8) is 0 Å². The summed E-state index contributed by atoms with van der Waals surface area (Å²) in [5.41, 5.74) is 5.84. The Bertz CT molecular complexity index is 527. The smallest absolute Gasteiger partial charge is 0.243 e. The van der Waals surface area contributed by atoms with Gasteiger partial charge in [0.05, 0.1) is 16.7 Å². The molecule has 0 saturated heterocycles. The predicted octanol–water partition coefficient (Wildman–Crippen LogP) is 2.67. The first-order chi connectivity index (χ1) is 9.38. The van der Waals surface area contributed by atoms with Crippen molar-refractivity contribution in [3.8, 4) is 0 Å². The fraction of sp³-hybridized carbons (Fsp3) is 0.500. The van der Waals surface area contributed by atoms with E-state index in [1.54, 1.807) is 0 Å². The molecule has 0 aromatic heterocycles. The number of hydrogen-bond acceptors (Lipinski definition) is 4. The monoisotopic (exact) mass is 340 g/mol. The molecule has 8 heteroatoms. The molecule has 0 spiro atoms. The number of anilines is 1. The van der Waals surface area contributed by atoms with Gasteiger partial charge in [-0.15, -0.1) is 0 Å². The van der Waals surface area contributed by atoms with Crippen LogP contribution in [0.1, 0.15) is 19.8 Å². The lowest BCUT2D eigenvalue weighted by atomic mass is 10.3. The third-order valence-electron chi connectivity index (χ3n) is 2.47. The molecule has 0 atom stereocenters. The highest BCUT2D eigenvalue weighted by atomic mass is 35.5. The quantitative estimate of drug-likeness (QED) is 0.563. The number of unbranched alkanes of at least 4 members (excludes halogenated alkanes) is 1. The van der Waals surface area contributed by atoms with Gasteiger partial charge in [-0.1, -0.05) is 36.5 Å². The van der Waals surface area contributed by atoms with Crippen molar-refractivity contribution >= 4 is 38.9 Å². The van der Waals surface area contributed by atoms with Gasteiger partial charge in [-0.25, -0.2) is 13.1 Å². The van der Waals surface area contributed by atoms with Crippen molar-refractivity contribution in [1.29, 1.82) is 0 Å². The van der Waals surface area contributed by atoms with Crippen molar-refractivity contribution in [3.05, 3.63) is 22.2 Å². The Hall–Kier alpha value is -0.530. The molecular formula is C12H18Cl2N2O3S.